The number of likely N-dealkylation sites (tertiary alicyclic amines) is 1. The molecule has 0 saturated carbocycles. The number of carbonyl (C=O) groups is 1. The van der Waals surface area contributed by atoms with Crippen molar-refractivity contribution >= 4 is 6.09 Å². The normalized spacial score (nSPS) is 16.8. The first-order valence-corrected chi connectivity index (χ1v) is 7.51. The molecule has 1 saturated heterocycles. The molecule has 0 bridgehead atoms. The molecule has 4 nitrogen and oxygen atoms in total. The van der Waals surface area contributed by atoms with Crippen LogP contribution < -0.4 is 0 Å². The summed E-state index contributed by atoms with van der Waals surface area (Å²) in [5, 5.41) is 9.01. The van der Waals surface area contributed by atoms with Crippen LogP contribution in [-0.4, -0.2) is 46.9 Å². The highest BCUT2D eigenvalue weighted by atomic mass is 19.1. The summed E-state index contributed by atoms with van der Waals surface area (Å²) in [6.45, 7) is 0.120. The number of halogens is 1. The molecule has 120 valence electrons. The van der Waals surface area contributed by atoms with E-state index >= 15 is 0 Å². The standard InChI is InChI=1S/C18H19FN2O2/c1-20(17(22)23)18(19)12-21(13-18)16(14-8-4-2-5-9-14)15-10-6-3-7-11-15/h2-11,16H,12-13H2,1H3,(H,22,23). The van der Waals surface area contributed by atoms with Crippen molar-refractivity contribution in [1.82, 2.24) is 9.80 Å². The van der Waals surface area contributed by atoms with Crippen molar-refractivity contribution in [1.29, 1.82) is 0 Å². The van der Waals surface area contributed by atoms with Crippen molar-refractivity contribution in [2.24, 2.45) is 0 Å². The Hall–Kier alpha value is -2.40. The number of hydrogen-bond donors (Lipinski definition) is 1. The van der Waals surface area contributed by atoms with E-state index in [1.54, 1.807) is 0 Å². The molecule has 0 unspecified atom stereocenters. The molecule has 0 spiro atoms. The highest BCUT2D eigenvalue weighted by molar-refractivity contribution is 5.65. The summed E-state index contributed by atoms with van der Waals surface area (Å²) in [5.41, 5.74) is 2.14. The van der Waals surface area contributed by atoms with Crippen LogP contribution in [0, 0.1) is 0 Å². The third-order valence-electron chi connectivity index (χ3n) is 4.37. The van der Waals surface area contributed by atoms with Gasteiger partial charge in [-0.2, -0.15) is 0 Å². The van der Waals surface area contributed by atoms with Gasteiger partial charge in [0.1, 0.15) is 0 Å². The average molecular weight is 314 g/mol. The minimum absolute atomic E-state index is 0.0598. The van der Waals surface area contributed by atoms with Crippen LogP contribution >= 0.6 is 0 Å². The third-order valence-corrected chi connectivity index (χ3v) is 4.37. The van der Waals surface area contributed by atoms with Gasteiger partial charge in [0.15, 0.2) is 0 Å². The van der Waals surface area contributed by atoms with Crippen LogP contribution in [0.15, 0.2) is 60.7 Å². The first-order valence-electron chi connectivity index (χ1n) is 7.51. The number of rotatable bonds is 4. The maximum atomic E-state index is 14.7. The van der Waals surface area contributed by atoms with Gasteiger partial charge in [0, 0.05) is 7.05 Å². The number of hydrogen-bond acceptors (Lipinski definition) is 2. The van der Waals surface area contributed by atoms with Crippen LogP contribution in [0.1, 0.15) is 17.2 Å². The Morgan fingerprint density at radius 1 is 1.09 bits per heavy atom. The van der Waals surface area contributed by atoms with E-state index in [1.165, 1.54) is 7.05 Å². The quantitative estimate of drug-likeness (QED) is 0.880. The largest absolute Gasteiger partial charge is 0.465 e. The van der Waals surface area contributed by atoms with Gasteiger partial charge < -0.3 is 5.11 Å². The molecule has 5 heteroatoms. The maximum Gasteiger partial charge on any atom is 0.409 e. The topological polar surface area (TPSA) is 43.8 Å². The van der Waals surface area contributed by atoms with Crippen LogP contribution in [-0.2, 0) is 0 Å². The van der Waals surface area contributed by atoms with E-state index in [0.717, 1.165) is 16.0 Å². The van der Waals surface area contributed by atoms with Crippen molar-refractivity contribution in [2.75, 3.05) is 20.1 Å². The number of amides is 1. The summed E-state index contributed by atoms with van der Waals surface area (Å²) < 4.78 is 14.7. The summed E-state index contributed by atoms with van der Waals surface area (Å²) >= 11 is 0. The van der Waals surface area contributed by atoms with E-state index in [4.69, 9.17) is 5.11 Å². The van der Waals surface area contributed by atoms with Crippen molar-refractivity contribution in [2.45, 2.75) is 11.8 Å². The first-order chi connectivity index (χ1) is 11.0. The molecule has 1 aliphatic heterocycles. The molecule has 0 atom stereocenters. The minimum atomic E-state index is -1.83. The van der Waals surface area contributed by atoms with Crippen molar-refractivity contribution in [3.8, 4) is 0 Å². The summed E-state index contributed by atoms with van der Waals surface area (Å²) in [4.78, 5) is 13.7. The monoisotopic (exact) mass is 314 g/mol. The SMILES string of the molecule is CN(C(=O)O)C1(F)CN(C(c2ccccc2)c2ccccc2)C1. The summed E-state index contributed by atoms with van der Waals surface area (Å²) in [5.74, 6) is -1.83. The van der Waals surface area contributed by atoms with Gasteiger partial charge in [-0.15, -0.1) is 0 Å². The Morgan fingerprint density at radius 3 is 1.91 bits per heavy atom. The Bertz CT molecular complexity index is 632. The third kappa shape index (κ3) is 2.92. The summed E-state index contributed by atoms with van der Waals surface area (Å²) in [6, 6.07) is 19.7. The van der Waals surface area contributed by atoms with E-state index in [2.05, 4.69) is 0 Å². The van der Waals surface area contributed by atoms with Crippen molar-refractivity contribution in [3.05, 3.63) is 71.8 Å². The molecular weight excluding hydrogens is 295 g/mol. The fourth-order valence-electron chi connectivity index (χ4n) is 3.03. The van der Waals surface area contributed by atoms with Crippen LogP contribution in [0.3, 0.4) is 0 Å². The zero-order chi connectivity index (χ0) is 16.4. The maximum absolute atomic E-state index is 14.7. The van der Waals surface area contributed by atoms with Crippen molar-refractivity contribution in [3.63, 3.8) is 0 Å². The van der Waals surface area contributed by atoms with E-state index in [1.807, 2.05) is 65.6 Å². The van der Waals surface area contributed by atoms with Crippen LogP contribution in [0.5, 0.6) is 0 Å². The molecule has 23 heavy (non-hydrogen) atoms. The second kappa shape index (κ2) is 6.01. The fraction of sp³-hybridized carbons (Fsp3) is 0.278. The number of likely N-dealkylation sites (N-methyl/N-ethyl adjacent to an activating group) is 1. The second-order valence-corrected chi connectivity index (χ2v) is 5.89. The molecule has 0 aliphatic carbocycles. The van der Waals surface area contributed by atoms with Gasteiger partial charge in [-0.25, -0.2) is 9.18 Å². The molecule has 3 rings (SSSR count). The van der Waals surface area contributed by atoms with E-state index in [-0.39, 0.29) is 19.1 Å². The first kappa shape index (κ1) is 15.5. The Morgan fingerprint density at radius 2 is 1.52 bits per heavy atom. The summed E-state index contributed by atoms with van der Waals surface area (Å²) in [7, 11) is 1.28. The smallest absolute Gasteiger partial charge is 0.409 e. The minimum Gasteiger partial charge on any atom is -0.465 e. The van der Waals surface area contributed by atoms with Crippen LogP contribution in [0.2, 0.25) is 0 Å². The molecule has 0 radical (unpaired) electrons. The molecule has 1 fully saturated rings. The summed E-state index contributed by atoms with van der Waals surface area (Å²) in [6.07, 6.45) is -1.25. The van der Waals surface area contributed by atoms with Gasteiger partial charge in [-0.3, -0.25) is 9.80 Å². The lowest BCUT2D eigenvalue weighted by Crippen LogP contribution is -2.68. The molecule has 0 aromatic heterocycles. The number of nitrogens with zero attached hydrogens (tertiary/aromatic N) is 2. The number of carboxylic acid groups (broad SMARTS) is 1. The van der Waals surface area contributed by atoms with E-state index in [0.29, 0.717) is 0 Å². The van der Waals surface area contributed by atoms with Gasteiger partial charge in [-0.05, 0) is 11.1 Å². The number of alkyl halides is 1. The highest BCUT2D eigenvalue weighted by Crippen LogP contribution is 2.38. The van der Waals surface area contributed by atoms with Gasteiger partial charge in [0.05, 0.1) is 19.1 Å². The Kier molecular flexibility index (Phi) is 4.05. The van der Waals surface area contributed by atoms with E-state index in [9.17, 15) is 9.18 Å². The predicted octanol–water partition coefficient (Wildman–Crippen LogP) is 3.37. The average Bonchev–Trinajstić information content (AvgIpc) is 2.54. The van der Waals surface area contributed by atoms with E-state index < -0.39 is 11.9 Å². The molecule has 1 heterocycles. The highest BCUT2D eigenvalue weighted by Gasteiger charge is 2.51. The van der Waals surface area contributed by atoms with Gasteiger partial charge in [0.2, 0.25) is 5.79 Å². The molecule has 2 aromatic rings. The fourth-order valence-corrected chi connectivity index (χ4v) is 3.03. The lowest BCUT2D eigenvalue weighted by atomic mass is 9.92. The van der Waals surface area contributed by atoms with Gasteiger partial charge in [0.25, 0.3) is 0 Å². The van der Waals surface area contributed by atoms with Crippen LogP contribution in [0.4, 0.5) is 9.18 Å². The van der Waals surface area contributed by atoms with Gasteiger partial charge >= 0.3 is 6.09 Å². The molecule has 1 aliphatic rings. The Balaban J connectivity index is 1.86. The Labute approximate surface area is 134 Å². The zero-order valence-electron chi connectivity index (χ0n) is 12.9. The molecule has 1 amide bonds. The van der Waals surface area contributed by atoms with Crippen LogP contribution in [0.25, 0.3) is 0 Å². The zero-order valence-corrected chi connectivity index (χ0v) is 12.9. The van der Waals surface area contributed by atoms with Gasteiger partial charge in [-0.1, -0.05) is 60.7 Å². The lowest BCUT2D eigenvalue weighted by molar-refractivity contribution is -0.131. The second-order valence-electron chi connectivity index (χ2n) is 5.89. The molecule has 1 N–H and O–H groups in total. The molecule has 2 aromatic carbocycles. The number of benzene rings is 2. The van der Waals surface area contributed by atoms with Crippen molar-refractivity contribution < 1.29 is 14.3 Å². The lowest BCUT2D eigenvalue weighted by Gasteiger charge is -2.51. The predicted molar refractivity (Wildman–Crippen MR) is 85.9 cm³/mol. The molecular formula is C18H19FN2O2.